The van der Waals surface area contributed by atoms with Crippen LogP contribution in [-0.2, 0) is 14.3 Å². The minimum atomic E-state index is -0.234. The van der Waals surface area contributed by atoms with Gasteiger partial charge in [0, 0.05) is 12.5 Å². The average Bonchev–Trinajstić information content (AvgIpc) is 3.35. The van der Waals surface area contributed by atoms with E-state index in [4.69, 9.17) is 4.74 Å². The van der Waals surface area contributed by atoms with Crippen LogP contribution in [0.1, 0.15) is 77.7 Å². The molecule has 3 aliphatic rings. The van der Waals surface area contributed by atoms with E-state index in [-0.39, 0.29) is 41.4 Å². The predicted octanol–water partition coefficient (Wildman–Crippen LogP) is 5.88. The lowest BCUT2D eigenvalue weighted by Gasteiger charge is -2.32. The number of aromatic hydroxyl groups is 1. The standard InChI is InChI=1S/C29H39NO4/c1-4-7-19(16-20-9-12-22(31)13-10-20)11-14-25-26-21(8-5-2)17-23-27(24(26)18-34-25)29(33)30(15-6-3)28(23)32/h9-10,12-13,16,23-25,27,31H,4-8,11,14-15,17-18H2,1-3H3/b19-16+/t23-,24+,25-,27-/m1/s1. The lowest BCUT2D eigenvalue weighted by Crippen LogP contribution is -2.34. The molecule has 1 aromatic carbocycles. The first-order chi connectivity index (χ1) is 16.5. The Hall–Kier alpha value is -2.40. The van der Waals surface area contributed by atoms with E-state index >= 15 is 0 Å². The van der Waals surface area contributed by atoms with Crippen LogP contribution in [-0.4, -0.2) is 41.1 Å². The monoisotopic (exact) mass is 465 g/mol. The van der Waals surface area contributed by atoms with Gasteiger partial charge in [0.05, 0.1) is 24.5 Å². The Kier molecular flexibility index (Phi) is 7.92. The normalized spacial score (nSPS) is 26.9. The molecule has 0 unspecified atom stereocenters. The Morgan fingerprint density at radius 3 is 2.47 bits per heavy atom. The van der Waals surface area contributed by atoms with Crippen molar-refractivity contribution in [3.8, 4) is 5.75 Å². The van der Waals surface area contributed by atoms with Gasteiger partial charge in [-0.2, -0.15) is 0 Å². The fourth-order valence-electron chi connectivity index (χ4n) is 6.23. The molecular weight excluding hydrogens is 426 g/mol. The molecule has 0 bridgehead atoms. The summed E-state index contributed by atoms with van der Waals surface area (Å²) in [6, 6.07) is 7.34. The number of carbonyl (C=O) groups excluding carboxylic acids is 2. The Morgan fingerprint density at radius 1 is 1.03 bits per heavy atom. The lowest BCUT2D eigenvalue weighted by molar-refractivity contribution is -0.140. The maximum absolute atomic E-state index is 13.2. The third kappa shape index (κ3) is 4.86. The number of phenols is 1. The molecule has 4 rings (SSSR count). The minimum absolute atomic E-state index is 0.0260. The third-order valence-electron chi connectivity index (χ3n) is 7.66. The molecule has 5 nitrogen and oxygen atoms in total. The topological polar surface area (TPSA) is 66.8 Å². The number of phenolic OH excluding ortho intramolecular Hbond substituents is 1. The van der Waals surface area contributed by atoms with Gasteiger partial charge in [-0.25, -0.2) is 0 Å². The van der Waals surface area contributed by atoms with Crippen LogP contribution in [0, 0.1) is 17.8 Å². The van der Waals surface area contributed by atoms with E-state index < -0.39 is 0 Å². The summed E-state index contributed by atoms with van der Waals surface area (Å²) in [7, 11) is 0. The number of carbonyl (C=O) groups is 2. The van der Waals surface area contributed by atoms with Crippen molar-refractivity contribution in [1.29, 1.82) is 0 Å². The largest absolute Gasteiger partial charge is 0.508 e. The first-order valence-corrected chi connectivity index (χ1v) is 13.2. The van der Waals surface area contributed by atoms with Crippen LogP contribution in [0.5, 0.6) is 5.75 Å². The van der Waals surface area contributed by atoms with Gasteiger partial charge in [-0.15, -0.1) is 0 Å². The van der Waals surface area contributed by atoms with Crippen molar-refractivity contribution >= 4 is 17.9 Å². The van der Waals surface area contributed by atoms with E-state index in [1.807, 2.05) is 19.1 Å². The third-order valence-corrected chi connectivity index (χ3v) is 7.66. The molecule has 1 N–H and O–H groups in total. The van der Waals surface area contributed by atoms with Gasteiger partial charge < -0.3 is 9.84 Å². The van der Waals surface area contributed by atoms with Gasteiger partial charge in [0.1, 0.15) is 5.75 Å². The highest BCUT2D eigenvalue weighted by Gasteiger charge is 2.56. The summed E-state index contributed by atoms with van der Waals surface area (Å²) in [5, 5.41) is 9.58. The van der Waals surface area contributed by atoms with Crippen molar-refractivity contribution in [3.05, 3.63) is 46.5 Å². The highest BCUT2D eigenvalue weighted by Crippen LogP contribution is 2.50. The first kappa shape index (κ1) is 24.7. The van der Waals surface area contributed by atoms with Crippen LogP contribution in [0.15, 0.2) is 41.0 Å². The van der Waals surface area contributed by atoms with Crippen molar-refractivity contribution in [2.24, 2.45) is 17.8 Å². The van der Waals surface area contributed by atoms with Crippen molar-refractivity contribution in [2.75, 3.05) is 13.2 Å². The molecule has 1 aromatic rings. The molecule has 0 aromatic heterocycles. The van der Waals surface area contributed by atoms with Crippen LogP contribution in [0.25, 0.3) is 6.08 Å². The number of amides is 2. The molecule has 2 fully saturated rings. The number of fused-ring (bicyclic) bond motifs is 3. The second-order valence-corrected chi connectivity index (χ2v) is 10.1. The van der Waals surface area contributed by atoms with Crippen molar-refractivity contribution in [2.45, 2.75) is 78.2 Å². The fraction of sp³-hybridized carbons (Fsp3) is 0.586. The van der Waals surface area contributed by atoms with Crippen molar-refractivity contribution in [1.82, 2.24) is 4.90 Å². The molecule has 2 saturated heterocycles. The second-order valence-electron chi connectivity index (χ2n) is 10.1. The Morgan fingerprint density at radius 2 is 1.79 bits per heavy atom. The van der Waals surface area contributed by atoms with Gasteiger partial charge in [0.2, 0.25) is 11.8 Å². The lowest BCUT2D eigenvalue weighted by atomic mass is 9.68. The Labute approximate surface area is 203 Å². The van der Waals surface area contributed by atoms with Crippen molar-refractivity contribution in [3.63, 3.8) is 0 Å². The molecule has 0 spiro atoms. The summed E-state index contributed by atoms with van der Waals surface area (Å²) in [5.41, 5.74) is 5.19. The summed E-state index contributed by atoms with van der Waals surface area (Å²) < 4.78 is 6.36. The molecule has 34 heavy (non-hydrogen) atoms. The molecule has 2 heterocycles. The van der Waals surface area contributed by atoms with E-state index in [1.165, 1.54) is 21.6 Å². The number of ether oxygens (including phenoxy) is 1. The Bertz CT molecular complexity index is 961. The molecule has 2 aliphatic heterocycles. The van der Waals surface area contributed by atoms with Gasteiger partial charge in [-0.1, -0.05) is 63.0 Å². The number of hydrogen-bond acceptors (Lipinski definition) is 4. The summed E-state index contributed by atoms with van der Waals surface area (Å²) in [6.07, 6.45) is 9.77. The smallest absolute Gasteiger partial charge is 0.233 e. The van der Waals surface area contributed by atoms with Gasteiger partial charge in [-0.05, 0) is 61.8 Å². The van der Waals surface area contributed by atoms with Gasteiger partial charge in [0.25, 0.3) is 0 Å². The zero-order valence-electron chi connectivity index (χ0n) is 20.9. The number of benzene rings is 1. The molecule has 1 aliphatic carbocycles. The number of rotatable bonds is 10. The molecule has 184 valence electrons. The molecule has 5 heteroatoms. The fourth-order valence-corrected chi connectivity index (χ4v) is 6.23. The SMILES string of the molecule is CCCC1=C2[C@@H](CC/C(=C/c3ccc(O)cc3)CCC)OC[C@@H]2[C@@H]2C(=O)N(CCC)C(=O)[C@@H]2C1. The van der Waals surface area contributed by atoms with E-state index in [0.29, 0.717) is 13.2 Å². The molecule has 0 saturated carbocycles. The molecule has 4 atom stereocenters. The average molecular weight is 466 g/mol. The first-order valence-electron chi connectivity index (χ1n) is 13.2. The van der Waals surface area contributed by atoms with E-state index in [2.05, 4.69) is 19.9 Å². The minimum Gasteiger partial charge on any atom is -0.508 e. The quantitative estimate of drug-likeness (QED) is 0.346. The summed E-state index contributed by atoms with van der Waals surface area (Å²) >= 11 is 0. The van der Waals surface area contributed by atoms with Crippen LogP contribution in [0.3, 0.4) is 0 Å². The zero-order chi connectivity index (χ0) is 24.2. The molecule has 2 amide bonds. The summed E-state index contributed by atoms with van der Waals surface area (Å²) in [6.45, 7) is 7.48. The van der Waals surface area contributed by atoms with E-state index in [0.717, 1.165) is 56.9 Å². The van der Waals surface area contributed by atoms with Crippen LogP contribution in [0.2, 0.25) is 0 Å². The predicted molar refractivity (Wildman–Crippen MR) is 134 cm³/mol. The summed E-state index contributed by atoms with van der Waals surface area (Å²) in [5.74, 6) is -0.0283. The highest BCUT2D eigenvalue weighted by atomic mass is 16.5. The van der Waals surface area contributed by atoms with Crippen LogP contribution < -0.4 is 0 Å². The number of allylic oxidation sites excluding steroid dienone is 2. The van der Waals surface area contributed by atoms with E-state index in [9.17, 15) is 14.7 Å². The highest BCUT2D eigenvalue weighted by molar-refractivity contribution is 6.05. The number of nitrogens with zero attached hydrogens (tertiary/aromatic N) is 1. The van der Waals surface area contributed by atoms with E-state index in [1.54, 1.807) is 12.1 Å². The van der Waals surface area contributed by atoms with Gasteiger partial charge in [0.15, 0.2) is 0 Å². The second kappa shape index (κ2) is 10.9. The number of hydrogen-bond donors (Lipinski definition) is 1. The zero-order valence-corrected chi connectivity index (χ0v) is 20.9. The molecule has 0 radical (unpaired) electrons. The van der Waals surface area contributed by atoms with Crippen LogP contribution >= 0.6 is 0 Å². The molecular formula is C29H39NO4. The van der Waals surface area contributed by atoms with Crippen molar-refractivity contribution < 1.29 is 19.4 Å². The summed E-state index contributed by atoms with van der Waals surface area (Å²) in [4.78, 5) is 27.8. The number of likely N-dealkylation sites (tertiary alicyclic amines) is 1. The van der Waals surface area contributed by atoms with Gasteiger partial charge in [-0.3, -0.25) is 14.5 Å². The number of imide groups is 1. The maximum Gasteiger partial charge on any atom is 0.233 e. The van der Waals surface area contributed by atoms with Gasteiger partial charge >= 0.3 is 0 Å². The maximum atomic E-state index is 13.2. The Balaban J connectivity index is 1.54. The van der Waals surface area contributed by atoms with Crippen LogP contribution in [0.4, 0.5) is 0 Å².